The second kappa shape index (κ2) is 6.71. The molecule has 0 radical (unpaired) electrons. The Morgan fingerprint density at radius 3 is 2.32 bits per heavy atom. The molecule has 0 amide bonds. The largest absolute Gasteiger partial charge is 0.419 e. The van der Waals surface area contributed by atoms with Gasteiger partial charge in [-0.2, -0.15) is 4.98 Å². The summed E-state index contributed by atoms with van der Waals surface area (Å²) in [6.45, 7) is 0. The van der Waals surface area contributed by atoms with Gasteiger partial charge >= 0.3 is 0 Å². The van der Waals surface area contributed by atoms with Gasteiger partial charge in [0.1, 0.15) is 0 Å². The number of nitrogens with zero attached hydrogens (tertiary/aromatic N) is 2. The molecule has 5 nitrogen and oxygen atoms in total. The maximum Gasteiger partial charge on any atom is 0.235 e. The van der Waals surface area contributed by atoms with Gasteiger partial charge in [0.25, 0.3) is 0 Å². The van der Waals surface area contributed by atoms with Crippen LogP contribution in [0.1, 0.15) is 0 Å². The van der Waals surface area contributed by atoms with Crippen molar-refractivity contribution < 1.29 is 12.8 Å². The van der Waals surface area contributed by atoms with Gasteiger partial charge in [-0.3, -0.25) is 0 Å². The molecule has 0 N–H and O–H groups in total. The normalized spacial score (nSPS) is 11.5. The summed E-state index contributed by atoms with van der Waals surface area (Å²) in [7, 11) is -0.482. The monoisotopic (exact) mass is 396 g/mol. The van der Waals surface area contributed by atoms with Crippen molar-refractivity contribution in [1.29, 1.82) is 0 Å². The Morgan fingerprint density at radius 1 is 1.04 bits per heavy atom. The number of rotatable bonds is 4. The van der Waals surface area contributed by atoms with E-state index in [0.717, 1.165) is 0 Å². The van der Waals surface area contributed by atoms with Crippen LogP contribution in [0.5, 0.6) is 0 Å². The Bertz CT molecular complexity index is 1020. The average Bonchev–Trinajstić information content (AvgIpc) is 3.02. The molecule has 0 unspecified atom stereocenters. The highest BCUT2D eigenvalue weighted by Crippen LogP contribution is 2.36. The van der Waals surface area contributed by atoms with Crippen LogP contribution < -0.4 is 4.90 Å². The summed E-state index contributed by atoms with van der Waals surface area (Å²) in [5.41, 5.74) is 0.462. The molecule has 25 heavy (non-hydrogen) atoms. The van der Waals surface area contributed by atoms with E-state index < -0.39 is 9.84 Å². The third-order valence-electron chi connectivity index (χ3n) is 3.46. The standard InChI is InChI=1S/C17H14Cl2N2O3S/c1-21(2)17-16(25(22,23)12-6-4-3-5-7-12)20-15(24-17)13-9-8-11(18)10-14(13)19/h3-10H,1-2H3. The highest BCUT2D eigenvalue weighted by Gasteiger charge is 2.29. The van der Waals surface area contributed by atoms with Crippen molar-refractivity contribution in [2.24, 2.45) is 0 Å². The van der Waals surface area contributed by atoms with Crippen LogP contribution >= 0.6 is 23.2 Å². The van der Waals surface area contributed by atoms with Gasteiger partial charge in [-0.15, -0.1) is 0 Å². The minimum absolute atomic E-state index is 0.111. The predicted molar refractivity (Wildman–Crippen MR) is 98.2 cm³/mol. The van der Waals surface area contributed by atoms with E-state index in [4.69, 9.17) is 27.6 Å². The zero-order valence-corrected chi connectivity index (χ0v) is 15.7. The topological polar surface area (TPSA) is 63.4 Å². The van der Waals surface area contributed by atoms with Crippen molar-refractivity contribution in [2.45, 2.75) is 9.92 Å². The molecule has 0 aliphatic rings. The summed E-state index contributed by atoms with van der Waals surface area (Å²) in [6.07, 6.45) is 0. The van der Waals surface area contributed by atoms with Crippen molar-refractivity contribution in [3.63, 3.8) is 0 Å². The van der Waals surface area contributed by atoms with Crippen LogP contribution in [0.3, 0.4) is 0 Å². The number of oxazole rings is 1. The predicted octanol–water partition coefficient (Wildman–Crippen LogP) is 4.55. The molecule has 3 rings (SSSR count). The molecular weight excluding hydrogens is 383 g/mol. The average molecular weight is 397 g/mol. The lowest BCUT2D eigenvalue weighted by atomic mass is 10.2. The lowest BCUT2D eigenvalue weighted by Gasteiger charge is -2.10. The Labute approximate surface area is 155 Å². The maximum absolute atomic E-state index is 12.9. The summed E-state index contributed by atoms with van der Waals surface area (Å²) in [4.78, 5) is 5.91. The van der Waals surface area contributed by atoms with E-state index in [2.05, 4.69) is 4.98 Å². The SMILES string of the molecule is CN(C)c1oc(-c2ccc(Cl)cc2Cl)nc1S(=O)(=O)c1ccccc1. The molecule has 0 aliphatic heterocycles. The number of sulfone groups is 1. The second-order valence-corrected chi connectivity index (χ2v) is 8.17. The number of aromatic nitrogens is 1. The van der Waals surface area contributed by atoms with Crippen LogP contribution in [0.25, 0.3) is 11.5 Å². The van der Waals surface area contributed by atoms with Crippen LogP contribution in [0.15, 0.2) is 62.9 Å². The third-order valence-corrected chi connectivity index (χ3v) is 5.67. The smallest absolute Gasteiger partial charge is 0.235 e. The first-order chi connectivity index (χ1) is 11.8. The van der Waals surface area contributed by atoms with Gasteiger partial charge in [0.2, 0.25) is 26.6 Å². The van der Waals surface area contributed by atoms with Gasteiger partial charge in [0.05, 0.1) is 15.5 Å². The Balaban J connectivity index is 2.20. The van der Waals surface area contributed by atoms with Gasteiger partial charge < -0.3 is 9.32 Å². The van der Waals surface area contributed by atoms with E-state index in [1.54, 1.807) is 55.4 Å². The van der Waals surface area contributed by atoms with Gasteiger partial charge in [-0.25, -0.2) is 8.42 Å². The molecular formula is C17H14Cl2N2O3S. The first-order valence-electron chi connectivity index (χ1n) is 7.24. The number of hydrogen-bond donors (Lipinski definition) is 0. The molecule has 0 atom stereocenters. The van der Waals surface area contributed by atoms with Gasteiger partial charge in [-0.05, 0) is 30.3 Å². The molecule has 8 heteroatoms. The first-order valence-corrected chi connectivity index (χ1v) is 9.48. The summed E-state index contributed by atoms with van der Waals surface area (Å²) in [5.74, 6) is 0.241. The molecule has 0 saturated heterocycles. The van der Waals surface area contributed by atoms with Crippen molar-refractivity contribution in [3.8, 4) is 11.5 Å². The van der Waals surface area contributed by atoms with E-state index >= 15 is 0 Å². The lowest BCUT2D eigenvalue weighted by Crippen LogP contribution is -2.13. The third kappa shape index (κ3) is 3.38. The summed E-state index contributed by atoms with van der Waals surface area (Å²) < 4.78 is 31.6. The van der Waals surface area contributed by atoms with Crippen molar-refractivity contribution >= 4 is 38.9 Å². The second-order valence-electron chi connectivity index (χ2n) is 5.46. The van der Waals surface area contributed by atoms with Crippen molar-refractivity contribution in [3.05, 3.63) is 58.6 Å². The Hall–Kier alpha value is -2.02. The van der Waals surface area contributed by atoms with Crippen LogP contribution in [0, 0.1) is 0 Å². The molecule has 0 spiro atoms. The van der Waals surface area contributed by atoms with Gasteiger partial charge in [-0.1, -0.05) is 41.4 Å². The highest BCUT2D eigenvalue weighted by molar-refractivity contribution is 7.91. The Morgan fingerprint density at radius 2 is 1.72 bits per heavy atom. The van der Waals surface area contributed by atoms with Crippen LogP contribution in [-0.4, -0.2) is 27.5 Å². The Kier molecular flexibility index (Phi) is 4.77. The van der Waals surface area contributed by atoms with Crippen molar-refractivity contribution in [2.75, 3.05) is 19.0 Å². The molecule has 2 aromatic carbocycles. The summed E-state index contributed by atoms with van der Waals surface area (Å²) >= 11 is 12.1. The van der Waals surface area contributed by atoms with E-state index in [-0.39, 0.29) is 21.7 Å². The number of benzene rings is 2. The van der Waals surface area contributed by atoms with Crippen molar-refractivity contribution in [1.82, 2.24) is 4.98 Å². The fourth-order valence-corrected chi connectivity index (χ4v) is 4.13. The molecule has 1 heterocycles. The molecule has 0 bridgehead atoms. The lowest BCUT2D eigenvalue weighted by molar-refractivity contribution is 0.564. The van der Waals surface area contributed by atoms with E-state index in [0.29, 0.717) is 15.6 Å². The minimum Gasteiger partial charge on any atom is -0.419 e. The molecule has 3 aromatic rings. The van der Waals surface area contributed by atoms with E-state index in [1.807, 2.05) is 0 Å². The summed E-state index contributed by atoms with van der Waals surface area (Å²) in [6, 6.07) is 12.9. The molecule has 0 saturated carbocycles. The fraction of sp³-hybridized carbons (Fsp3) is 0.118. The minimum atomic E-state index is -3.84. The number of halogens is 2. The molecule has 1 aromatic heterocycles. The quantitative estimate of drug-likeness (QED) is 0.647. The first kappa shape index (κ1) is 17.8. The van der Waals surface area contributed by atoms with Crippen LogP contribution in [-0.2, 0) is 9.84 Å². The zero-order chi connectivity index (χ0) is 18.2. The fourth-order valence-electron chi connectivity index (χ4n) is 2.25. The van der Waals surface area contributed by atoms with Gasteiger partial charge in [0, 0.05) is 19.1 Å². The molecule has 130 valence electrons. The van der Waals surface area contributed by atoms with E-state index in [9.17, 15) is 8.42 Å². The summed E-state index contributed by atoms with van der Waals surface area (Å²) in [5, 5.41) is 0.623. The van der Waals surface area contributed by atoms with E-state index in [1.165, 1.54) is 12.1 Å². The van der Waals surface area contributed by atoms with Crippen LogP contribution in [0.4, 0.5) is 5.88 Å². The highest BCUT2D eigenvalue weighted by atomic mass is 35.5. The van der Waals surface area contributed by atoms with Gasteiger partial charge in [0.15, 0.2) is 0 Å². The van der Waals surface area contributed by atoms with Crippen LogP contribution in [0.2, 0.25) is 10.0 Å². The molecule has 0 fully saturated rings. The molecule has 0 aliphatic carbocycles. The zero-order valence-electron chi connectivity index (χ0n) is 13.4. The number of hydrogen-bond acceptors (Lipinski definition) is 5. The maximum atomic E-state index is 12.9. The number of anilines is 1.